The van der Waals surface area contributed by atoms with E-state index in [1.165, 1.54) is 0 Å². The van der Waals surface area contributed by atoms with Gasteiger partial charge in [-0.2, -0.15) is 9.71 Å². The average Bonchev–Trinajstić information content (AvgIpc) is 3.47. The highest BCUT2D eigenvalue weighted by Gasteiger charge is 2.39. The van der Waals surface area contributed by atoms with Gasteiger partial charge in [0.15, 0.2) is 0 Å². The Kier molecular flexibility index (Phi) is 6.86. The fourth-order valence-electron chi connectivity index (χ4n) is 4.08. The molecule has 2 atom stereocenters. The Balaban J connectivity index is 1.55. The average molecular weight is 483 g/mol. The standard InChI is InChI=1S/C25H30N4O4S/c1-16(2)22(28-34(31,32)20-13-9-18(4)10-14-20)25(30)29-15-5-6-21(29)24-26-23(27-33-24)19-11-7-17(3)8-12-19/h7-14,16,21-22,28H,5-6,15H2,1-4H3. The highest BCUT2D eigenvalue weighted by Crippen LogP contribution is 2.33. The molecule has 2 unspecified atom stereocenters. The van der Waals surface area contributed by atoms with Crippen molar-refractivity contribution in [2.24, 2.45) is 5.92 Å². The number of aromatic nitrogens is 2. The van der Waals surface area contributed by atoms with Crippen molar-refractivity contribution in [1.29, 1.82) is 0 Å². The molecule has 1 aliphatic rings. The first kappa shape index (κ1) is 24.1. The number of aryl methyl sites for hydroxylation is 2. The van der Waals surface area contributed by atoms with E-state index in [4.69, 9.17) is 4.52 Å². The summed E-state index contributed by atoms with van der Waals surface area (Å²) in [7, 11) is -3.86. The smallest absolute Gasteiger partial charge is 0.249 e. The lowest BCUT2D eigenvalue weighted by atomic mass is 10.0. The molecule has 0 saturated carbocycles. The molecule has 1 amide bonds. The third-order valence-electron chi connectivity index (χ3n) is 6.12. The van der Waals surface area contributed by atoms with E-state index in [1.807, 2.05) is 52.0 Å². The summed E-state index contributed by atoms with van der Waals surface area (Å²) in [5.74, 6) is 0.295. The third kappa shape index (κ3) is 5.05. The molecule has 1 N–H and O–H groups in total. The second kappa shape index (κ2) is 9.68. The lowest BCUT2D eigenvalue weighted by molar-refractivity contribution is -0.135. The summed E-state index contributed by atoms with van der Waals surface area (Å²) in [6.07, 6.45) is 1.45. The van der Waals surface area contributed by atoms with Gasteiger partial charge in [-0.05, 0) is 44.7 Å². The summed E-state index contributed by atoms with van der Waals surface area (Å²) in [5, 5.41) is 4.11. The van der Waals surface area contributed by atoms with Crippen molar-refractivity contribution >= 4 is 15.9 Å². The minimum atomic E-state index is -3.86. The van der Waals surface area contributed by atoms with E-state index in [0.29, 0.717) is 24.7 Å². The molecule has 180 valence electrons. The largest absolute Gasteiger partial charge is 0.337 e. The third-order valence-corrected chi connectivity index (χ3v) is 7.58. The van der Waals surface area contributed by atoms with Gasteiger partial charge in [-0.3, -0.25) is 4.79 Å². The zero-order valence-corrected chi connectivity index (χ0v) is 20.7. The summed E-state index contributed by atoms with van der Waals surface area (Å²) in [4.78, 5) is 19.9. The topological polar surface area (TPSA) is 105 Å². The number of amides is 1. The van der Waals surface area contributed by atoms with E-state index in [-0.39, 0.29) is 22.8 Å². The van der Waals surface area contributed by atoms with Crippen LogP contribution in [0, 0.1) is 19.8 Å². The number of nitrogens with zero attached hydrogens (tertiary/aromatic N) is 3. The molecule has 0 spiro atoms. The summed E-state index contributed by atoms with van der Waals surface area (Å²) in [5.41, 5.74) is 2.93. The van der Waals surface area contributed by atoms with Crippen molar-refractivity contribution in [2.75, 3.05) is 6.54 Å². The number of carbonyl (C=O) groups is 1. The Morgan fingerprint density at radius 3 is 2.29 bits per heavy atom. The van der Waals surface area contributed by atoms with Crippen LogP contribution in [0.25, 0.3) is 11.4 Å². The van der Waals surface area contributed by atoms with E-state index in [0.717, 1.165) is 23.1 Å². The van der Waals surface area contributed by atoms with Gasteiger partial charge in [-0.25, -0.2) is 8.42 Å². The van der Waals surface area contributed by atoms with Gasteiger partial charge in [-0.1, -0.05) is 66.5 Å². The lowest BCUT2D eigenvalue weighted by Crippen LogP contribution is -2.50. The first-order valence-corrected chi connectivity index (χ1v) is 12.9. The van der Waals surface area contributed by atoms with E-state index in [1.54, 1.807) is 29.2 Å². The maximum atomic E-state index is 13.6. The highest BCUT2D eigenvalue weighted by molar-refractivity contribution is 7.89. The van der Waals surface area contributed by atoms with Gasteiger partial charge in [0.1, 0.15) is 12.1 Å². The fourth-order valence-corrected chi connectivity index (χ4v) is 5.42. The van der Waals surface area contributed by atoms with Crippen molar-refractivity contribution < 1.29 is 17.7 Å². The molecule has 2 aromatic carbocycles. The number of nitrogens with one attached hydrogen (secondary N) is 1. The van der Waals surface area contributed by atoms with Crippen LogP contribution in [0.1, 0.15) is 49.7 Å². The SMILES string of the molecule is Cc1ccc(-c2noc(C3CCCN3C(=O)C(NS(=O)(=O)c3ccc(C)cc3)C(C)C)n2)cc1. The number of rotatable bonds is 7. The summed E-state index contributed by atoms with van der Waals surface area (Å²) in [6.45, 7) is 8.05. The molecule has 0 radical (unpaired) electrons. The Morgan fingerprint density at radius 2 is 1.68 bits per heavy atom. The second-order valence-corrected chi connectivity index (χ2v) is 10.9. The van der Waals surface area contributed by atoms with E-state index < -0.39 is 16.1 Å². The number of hydrogen-bond donors (Lipinski definition) is 1. The van der Waals surface area contributed by atoms with Gasteiger partial charge >= 0.3 is 0 Å². The molecule has 2 heterocycles. The van der Waals surface area contributed by atoms with Gasteiger partial charge in [-0.15, -0.1) is 0 Å². The van der Waals surface area contributed by atoms with Crippen LogP contribution in [0.2, 0.25) is 0 Å². The Hall–Kier alpha value is -3.04. The molecule has 0 aliphatic carbocycles. The van der Waals surface area contributed by atoms with Gasteiger partial charge in [0.05, 0.1) is 4.90 Å². The minimum Gasteiger partial charge on any atom is -0.337 e. The number of hydrogen-bond acceptors (Lipinski definition) is 6. The minimum absolute atomic E-state index is 0.133. The van der Waals surface area contributed by atoms with Crippen LogP contribution in [-0.2, 0) is 14.8 Å². The van der Waals surface area contributed by atoms with Crippen LogP contribution in [-0.4, -0.2) is 42.0 Å². The van der Waals surface area contributed by atoms with Crippen molar-refractivity contribution in [3.05, 3.63) is 65.5 Å². The summed E-state index contributed by atoms with van der Waals surface area (Å²) < 4.78 is 34.2. The molecule has 9 heteroatoms. The highest BCUT2D eigenvalue weighted by atomic mass is 32.2. The first-order valence-electron chi connectivity index (χ1n) is 11.5. The van der Waals surface area contributed by atoms with Gasteiger partial charge in [0.2, 0.25) is 27.6 Å². The molecule has 1 saturated heterocycles. The predicted octanol–water partition coefficient (Wildman–Crippen LogP) is 4.02. The quantitative estimate of drug-likeness (QED) is 0.545. The molecular formula is C25H30N4O4S. The Labute approximate surface area is 200 Å². The molecule has 3 aromatic rings. The van der Waals surface area contributed by atoms with E-state index in [2.05, 4.69) is 14.9 Å². The van der Waals surface area contributed by atoms with Crippen LogP contribution in [0.15, 0.2) is 57.9 Å². The van der Waals surface area contributed by atoms with Gasteiger partial charge < -0.3 is 9.42 Å². The zero-order valence-electron chi connectivity index (χ0n) is 19.9. The molecule has 34 heavy (non-hydrogen) atoms. The van der Waals surface area contributed by atoms with Crippen LogP contribution in [0.3, 0.4) is 0 Å². The summed E-state index contributed by atoms with van der Waals surface area (Å²) >= 11 is 0. The second-order valence-electron chi connectivity index (χ2n) is 9.17. The molecular weight excluding hydrogens is 452 g/mol. The van der Waals surface area contributed by atoms with E-state index >= 15 is 0 Å². The van der Waals surface area contributed by atoms with Gasteiger partial charge in [0.25, 0.3) is 0 Å². The summed E-state index contributed by atoms with van der Waals surface area (Å²) in [6, 6.07) is 13.1. The van der Waals surface area contributed by atoms with Crippen molar-refractivity contribution in [1.82, 2.24) is 19.8 Å². The number of likely N-dealkylation sites (tertiary alicyclic amines) is 1. The Morgan fingerprint density at radius 1 is 1.06 bits per heavy atom. The zero-order chi connectivity index (χ0) is 24.5. The normalized spacial score (nSPS) is 17.3. The van der Waals surface area contributed by atoms with E-state index in [9.17, 15) is 13.2 Å². The molecule has 1 aromatic heterocycles. The van der Waals surface area contributed by atoms with Gasteiger partial charge in [0, 0.05) is 12.1 Å². The predicted molar refractivity (Wildman–Crippen MR) is 128 cm³/mol. The maximum absolute atomic E-state index is 13.6. The van der Waals surface area contributed by atoms with Crippen LogP contribution in [0.5, 0.6) is 0 Å². The Bertz CT molecular complexity index is 1250. The number of sulfonamides is 1. The molecule has 1 aliphatic heterocycles. The molecule has 8 nitrogen and oxygen atoms in total. The van der Waals surface area contributed by atoms with Crippen LogP contribution < -0.4 is 4.72 Å². The van der Waals surface area contributed by atoms with Crippen LogP contribution >= 0.6 is 0 Å². The van der Waals surface area contributed by atoms with Crippen molar-refractivity contribution in [3.63, 3.8) is 0 Å². The molecule has 4 rings (SSSR count). The fraction of sp³-hybridized carbons (Fsp3) is 0.400. The maximum Gasteiger partial charge on any atom is 0.249 e. The lowest BCUT2D eigenvalue weighted by Gasteiger charge is -2.29. The van der Waals surface area contributed by atoms with Crippen molar-refractivity contribution in [3.8, 4) is 11.4 Å². The van der Waals surface area contributed by atoms with Crippen molar-refractivity contribution in [2.45, 2.75) is 57.5 Å². The number of carbonyl (C=O) groups excluding carboxylic acids is 1. The molecule has 0 bridgehead atoms. The molecule has 1 fully saturated rings. The number of benzene rings is 2. The van der Waals surface area contributed by atoms with Crippen LogP contribution in [0.4, 0.5) is 0 Å². The first-order chi connectivity index (χ1) is 16.2. The monoisotopic (exact) mass is 482 g/mol.